The van der Waals surface area contributed by atoms with Gasteiger partial charge in [-0.2, -0.15) is 0 Å². The third kappa shape index (κ3) is 3.93. The van der Waals surface area contributed by atoms with Gasteiger partial charge in [0.1, 0.15) is 23.9 Å². The number of allylic oxidation sites excluding steroid dienone is 1. The summed E-state index contributed by atoms with van der Waals surface area (Å²) in [5.74, 6) is -1.92. The second-order valence-corrected chi connectivity index (χ2v) is 12.4. The number of aliphatic hydroxyl groups excluding tert-OH is 5. The largest absolute Gasteiger partial charge is 0.456 e. The van der Waals surface area contributed by atoms with Crippen LogP contribution in [0.15, 0.2) is 11.6 Å². The van der Waals surface area contributed by atoms with Crippen molar-refractivity contribution in [3.8, 4) is 0 Å². The third-order valence-electron chi connectivity index (χ3n) is 10.7. The van der Waals surface area contributed by atoms with Gasteiger partial charge in [0.2, 0.25) is 5.78 Å². The van der Waals surface area contributed by atoms with E-state index in [4.69, 9.17) is 9.47 Å². The summed E-state index contributed by atoms with van der Waals surface area (Å²) in [7, 11) is 0. The fourth-order valence-corrected chi connectivity index (χ4v) is 8.54. The number of esters is 1. The zero-order valence-corrected chi connectivity index (χ0v) is 21.7. The molecule has 0 amide bonds. The van der Waals surface area contributed by atoms with Gasteiger partial charge in [0.25, 0.3) is 0 Å². The first-order valence-electron chi connectivity index (χ1n) is 13.5. The molecular formula is C27H38O11. The molecule has 0 aromatic heterocycles. The number of ether oxygens (including phenoxy) is 2. The molecule has 0 aromatic carbocycles. The Balaban J connectivity index is 1.31. The van der Waals surface area contributed by atoms with Crippen molar-refractivity contribution in [2.24, 2.45) is 28.6 Å². The quantitative estimate of drug-likeness (QED) is 0.244. The van der Waals surface area contributed by atoms with Crippen molar-refractivity contribution in [1.29, 1.82) is 0 Å². The molecule has 1 saturated heterocycles. The number of carbonyl (C=O) groups is 3. The second-order valence-electron chi connectivity index (χ2n) is 12.4. The van der Waals surface area contributed by atoms with Gasteiger partial charge in [0.05, 0.1) is 6.10 Å². The van der Waals surface area contributed by atoms with Gasteiger partial charge < -0.3 is 40.1 Å². The Kier molecular flexibility index (Phi) is 6.91. The van der Waals surface area contributed by atoms with E-state index in [1.165, 1.54) is 0 Å². The Morgan fingerprint density at radius 3 is 2.45 bits per heavy atom. The summed E-state index contributed by atoms with van der Waals surface area (Å²) in [6.45, 7) is 3.11. The third-order valence-corrected chi connectivity index (χ3v) is 10.7. The fourth-order valence-electron chi connectivity index (χ4n) is 8.54. The second kappa shape index (κ2) is 9.43. The van der Waals surface area contributed by atoms with Gasteiger partial charge in [0, 0.05) is 11.8 Å². The van der Waals surface area contributed by atoms with Gasteiger partial charge in [-0.05, 0) is 67.8 Å². The van der Waals surface area contributed by atoms with Crippen molar-refractivity contribution in [2.75, 3.05) is 6.61 Å². The number of rotatable bonds is 4. The van der Waals surface area contributed by atoms with Gasteiger partial charge >= 0.3 is 5.97 Å². The normalized spacial score (nSPS) is 50.4. The van der Waals surface area contributed by atoms with Crippen molar-refractivity contribution < 1.29 is 54.5 Å². The molecule has 5 aliphatic rings. The SMILES string of the molecule is C[C@]12CCC(=O)C=C1CC[C@@H]1[C@@H]2[C@H](O)C[C@@]2(C)[C@H]1CC[C@]2(O)C(=O)COC(=O)[C@H]1O[C@@H](O)[C@H](O)[C@@H](O)[C@@H]1O. The van der Waals surface area contributed by atoms with E-state index in [1.807, 2.05) is 6.92 Å². The van der Waals surface area contributed by atoms with Gasteiger partial charge in [-0.25, -0.2) is 4.79 Å². The number of ketones is 2. The number of aliphatic hydroxyl groups is 6. The Bertz CT molecular complexity index is 1040. The van der Waals surface area contributed by atoms with Crippen LogP contribution in [-0.2, 0) is 23.9 Å². The van der Waals surface area contributed by atoms with Crippen LogP contribution in [0.3, 0.4) is 0 Å². The number of fused-ring (bicyclic) bond motifs is 5. The molecule has 1 heterocycles. The van der Waals surface area contributed by atoms with E-state index < -0.39 is 66.2 Å². The van der Waals surface area contributed by atoms with Crippen LogP contribution in [0.5, 0.6) is 0 Å². The highest BCUT2D eigenvalue weighted by Gasteiger charge is 2.68. The molecule has 3 saturated carbocycles. The Labute approximate surface area is 220 Å². The highest BCUT2D eigenvalue weighted by atomic mass is 16.7. The summed E-state index contributed by atoms with van der Waals surface area (Å²) in [5.41, 5.74) is -2.04. The molecule has 0 bridgehead atoms. The lowest BCUT2D eigenvalue weighted by molar-refractivity contribution is -0.281. The van der Waals surface area contributed by atoms with Crippen molar-refractivity contribution in [3.63, 3.8) is 0 Å². The minimum Gasteiger partial charge on any atom is -0.456 e. The maximum atomic E-state index is 13.4. The standard InChI is InChI=1S/C27H38O11/c1-25-7-5-13(28)9-12(25)3-4-14-15-6-8-27(36,26(15,2)10-16(29)18(14)25)17(30)11-37-24(35)22-20(32)19(31)21(33)23(34)38-22/h9,14-16,18-23,29,31-34,36H,3-8,10-11H2,1-2H3/t14-,15-,16+,18+,19-,20-,21+,22-,23+,25-,26-,27-/m0/s1. The van der Waals surface area contributed by atoms with Crippen LogP contribution in [0.1, 0.15) is 58.8 Å². The first-order valence-corrected chi connectivity index (χ1v) is 13.5. The molecule has 12 atom stereocenters. The first kappa shape index (κ1) is 27.8. The van der Waals surface area contributed by atoms with E-state index in [0.717, 1.165) is 18.4 Å². The van der Waals surface area contributed by atoms with Crippen LogP contribution in [0, 0.1) is 28.6 Å². The number of hydrogen-bond acceptors (Lipinski definition) is 11. The molecule has 4 aliphatic carbocycles. The van der Waals surface area contributed by atoms with E-state index in [-0.39, 0.29) is 41.8 Å². The lowest BCUT2D eigenvalue weighted by Crippen LogP contribution is -2.62. The van der Waals surface area contributed by atoms with E-state index in [2.05, 4.69) is 6.92 Å². The molecule has 38 heavy (non-hydrogen) atoms. The monoisotopic (exact) mass is 538 g/mol. The number of carbonyl (C=O) groups excluding carboxylic acids is 3. The van der Waals surface area contributed by atoms with E-state index in [9.17, 15) is 45.0 Å². The summed E-state index contributed by atoms with van der Waals surface area (Å²) >= 11 is 0. The Morgan fingerprint density at radius 1 is 1.03 bits per heavy atom. The molecule has 11 nitrogen and oxygen atoms in total. The molecular weight excluding hydrogens is 500 g/mol. The number of Topliss-reactive ketones (excluding diaryl/α,β-unsaturated/α-hetero) is 1. The summed E-state index contributed by atoms with van der Waals surface area (Å²) < 4.78 is 9.89. The van der Waals surface area contributed by atoms with Crippen molar-refractivity contribution in [3.05, 3.63) is 11.6 Å². The topological polar surface area (TPSA) is 191 Å². The predicted molar refractivity (Wildman–Crippen MR) is 128 cm³/mol. The Hall–Kier alpha value is -1.73. The van der Waals surface area contributed by atoms with Crippen LogP contribution in [0.2, 0.25) is 0 Å². The van der Waals surface area contributed by atoms with Gasteiger partial charge in [0.15, 0.2) is 24.8 Å². The highest BCUT2D eigenvalue weighted by Crippen LogP contribution is 2.67. The zero-order chi connectivity index (χ0) is 27.8. The minimum absolute atomic E-state index is 0.0492. The van der Waals surface area contributed by atoms with Crippen LogP contribution in [0.4, 0.5) is 0 Å². The molecule has 11 heteroatoms. The van der Waals surface area contributed by atoms with Crippen LogP contribution in [0.25, 0.3) is 0 Å². The maximum Gasteiger partial charge on any atom is 0.338 e. The van der Waals surface area contributed by atoms with E-state index >= 15 is 0 Å². The van der Waals surface area contributed by atoms with Gasteiger partial charge in [-0.15, -0.1) is 0 Å². The predicted octanol–water partition coefficient (Wildman–Crippen LogP) is -0.868. The Morgan fingerprint density at radius 2 is 1.74 bits per heavy atom. The molecule has 0 unspecified atom stereocenters. The van der Waals surface area contributed by atoms with E-state index in [0.29, 0.717) is 19.3 Å². The average molecular weight is 539 g/mol. The molecule has 6 N–H and O–H groups in total. The van der Waals surface area contributed by atoms with Crippen molar-refractivity contribution in [1.82, 2.24) is 0 Å². The molecule has 0 aromatic rings. The van der Waals surface area contributed by atoms with Crippen LogP contribution < -0.4 is 0 Å². The minimum atomic E-state index is -1.94. The lowest BCUT2D eigenvalue weighted by atomic mass is 9.45. The van der Waals surface area contributed by atoms with Gasteiger partial charge in [-0.3, -0.25) is 9.59 Å². The smallest absolute Gasteiger partial charge is 0.338 e. The van der Waals surface area contributed by atoms with Crippen molar-refractivity contribution in [2.45, 2.75) is 101 Å². The van der Waals surface area contributed by atoms with Crippen LogP contribution in [-0.4, -0.2) is 97.2 Å². The summed E-state index contributed by atoms with van der Waals surface area (Å²) in [4.78, 5) is 38.0. The average Bonchev–Trinajstić information content (AvgIpc) is 3.14. The first-order chi connectivity index (χ1) is 17.7. The molecule has 4 fully saturated rings. The molecule has 5 rings (SSSR count). The molecule has 1 aliphatic heterocycles. The summed E-state index contributed by atoms with van der Waals surface area (Å²) in [6, 6.07) is 0. The van der Waals surface area contributed by atoms with Gasteiger partial charge in [-0.1, -0.05) is 19.4 Å². The maximum absolute atomic E-state index is 13.4. The fraction of sp³-hybridized carbons (Fsp3) is 0.815. The number of hydrogen-bond donors (Lipinski definition) is 6. The van der Waals surface area contributed by atoms with E-state index in [1.54, 1.807) is 6.08 Å². The van der Waals surface area contributed by atoms with Crippen molar-refractivity contribution >= 4 is 17.5 Å². The molecule has 0 spiro atoms. The summed E-state index contributed by atoms with van der Waals surface area (Å²) in [5, 5.41) is 62.3. The molecule has 0 radical (unpaired) electrons. The highest BCUT2D eigenvalue weighted by molar-refractivity contribution is 5.92. The zero-order valence-electron chi connectivity index (χ0n) is 21.7. The summed E-state index contributed by atoms with van der Waals surface area (Å²) in [6.07, 6.45) is -4.88. The molecule has 212 valence electrons. The lowest BCUT2D eigenvalue weighted by Gasteiger charge is -2.60. The van der Waals surface area contributed by atoms with Crippen LogP contribution >= 0.6 is 0 Å².